The number of rotatable bonds is 22. The second-order valence-corrected chi connectivity index (χ2v) is 14.9. The van der Waals surface area contributed by atoms with Gasteiger partial charge in [-0.3, -0.25) is 14.4 Å². The van der Waals surface area contributed by atoms with Gasteiger partial charge < -0.3 is 10.4 Å². The number of ketones is 1. The van der Waals surface area contributed by atoms with Crippen LogP contribution in [0, 0.1) is 13.8 Å². The van der Waals surface area contributed by atoms with Gasteiger partial charge in [0.25, 0.3) is 0 Å². The molecule has 2 atom stereocenters. The van der Waals surface area contributed by atoms with Gasteiger partial charge in [-0.25, -0.2) is 0 Å². The Morgan fingerprint density at radius 3 is 1.43 bits per heavy atom. The fraction of sp³-hybridized carbons (Fsp3) is 0.340. The second-order valence-electron chi connectivity index (χ2n) is 14.9. The third kappa shape index (κ3) is 18.1. The van der Waals surface area contributed by atoms with Crippen LogP contribution in [0.5, 0.6) is 0 Å². The van der Waals surface area contributed by atoms with Crippen LogP contribution in [0.4, 0.5) is 0 Å². The molecular formula is C53H65NO4. The quantitative estimate of drug-likeness (QED) is 0.0615. The third-order valence-electron chi connectivity index (χ3n) is 9.95. The highest BCUT2D eigenvalue weighted by Crippen LogP contribution is 2.25. The van der Waals surface area contributed by atoms with Crippen LogP contribution in [0.1, 0.15) is 119 Å². The summed E-state index contributed by atoms with van der Waals surface area (Å²) in [4.78, 5) is 35.7. The van der Waals surface area contributed by atoms with Gasteiger partial charge in [-0.15, -0.1) is 0 Å². The number of carboxylic acid groups (broad SMARTS) is 1. The van der Waals surface area contributed by atoms with Gasteiger partial charge in [0.05, 0.1) is 5.92 Å². The van der Waals surface area contributed by atoms with Crippen LogP contribution in [0.2, 0.25) is 0 Å². The molecule has 0 aliphatic heterocycles. The van der Waals surface area contributed by atoms with Gasteiger partial charge in [0.1, 0.15) is 5.78 Å². The lowest BCUT2D eigenvalue weighted by molar-refractivity contribution is -0.138. The zero-order chi connectivity index (χ0) is 42.0. The zero-order valence-electron chi connectivity index (χ0n) is 35.5. The molecule has 306 valence electrons. The Bertz CT molecular complexity index is 2080. The van der Waals surface area contributed by atoms with E-state index in [0.29, 0.717) is 25.8 Å². The Hall–Kier alpha value is -5.55. The number of carbonyl (C=O) groups is 3. The van der Waals surface area contributed by atoms with Crippen molar-refractivity contribution in [3.63, 3.8) is 0 Å². The highest BCUT2D eigenvalue weighted by Gasteiger charge is 2.16. The van der Waals surface area contributed by atoms with Gasteiger partial charge in [0.15, 0.2) is 0 Å². The van der Waals surface area contributed by atoms with Crippen molar-refractivity contribution in [2.24, 2.45) is 0 Å². The maximum atomic E-state index is 12.7. The summed E-state index contributed by atoms with van der Waals surface area (Å²) >= 11 is 0. The minimum Gasteiger partial charge on any atom is -0.481 e. The van der Waals surface area contributed by atoms with Gasteiger partial charge in [0.2, 0.25) is 5.91 Å². The van der Waals surface area contributed by atoms with Crippen molar-refractivity contribution >= 4 is 39.2 Å². The predicted octanol–water partition coefficient (Wildman–Crippen LogP) is 13.5. The lowest BCUT2D eigenvalue weighted by Gasteiger charge is -2.12. The number of carboxylic acids is 1. The Balaban J connectivity index is 0.000000464. The van der Waals surface area contributed by atoms with Crippen molar-refractivity contribution in [1.29, 1.82) is 0 Å². The normalized spacial score (nSPS) is 13.1. The number of allylic oxidation sites excluding steroid dienone is 12. The first kappa shape index (κ1) is 46.8. The topological polar surface area (TPSA) is 83.5 Å². The minimum atomic E-state index is -0.786. The summed E-state index contributed by atoms with van der Waals surface area (Å²) in [6, 6.07) is 24.6. The minimum absolute atomic E-state index is 0.0415. The van der Waals surface area contributed by atoms with E-state index in [0.717, 1.165) is 72.2 Å². The van der Waals surface area contributed by atoms with Gasteiger partial charge in [-0.05, 0) is 105 Å². The molecule has 2 N–H and O–H groups in total. The summed E-state index contributed by atoms with van der Waals surface area (Å²) in [5.41, 5.74) is 4.35. The van der Waals surface area contributed by atoms with Crippen LogP contribution >= 0.6 is 0 Å². The fourth-order valence-corrected chi connectivity index (χ4v) is 6.28. The molecule has 0 bridgehead atoms. The molecule has 0 saturated heterocycles. The molecule has 0 saturated carbocycles. The molecular weight excluding hydrogens is 715 g/mol. The maximum absolute atomic E-state index is 12.7. The summed E-state index contributed by atoms with van der Waals surface area (Å²) in [6.45, 7) is 10.5. The highest BCUT2D eigenvalue weighted by molar-refractivity contribution is 5.89. The molecule has 4 aromatic rings. The Morgan fingerprint density at radius 2 is 0.966 bits per heavy atom. The van der Waals surface area contributed by atoms with Gasteiger partial charge in [0, 0.05) is 25.3 Å². The van der Waals surface area contributed by atoms with E-state index in [1.165, 1.54) is 16.5 Å². The van der Waals surface area contributed by atoms with Crippen LogP contribution in [-0.2, 0) is 14.4 Å². The number of aryl methyl sites for hydroxylation is 2. The molecule has 0 aliphatic rings. The van der Waals surface area contributed by atoms with Gasteiger partial charge >= 0.3 is 5.97 Å². The summed E-state index contributed by atoms with van der Waals surface area (Å²) in [5, 5.41) is 16.5. The average molecular weight is 780 g/mol. The lowest BCUT2D eigenvalue weighted by Crippen LogP contribution is -2.24. The number of nitrogens with one attached hydrogen (secondary N) is 1. The molecule has 0 aliphatic carbocycles. The standard InChI is InChI=1S/C39H51NO2.C14H14O2/c1-4-5-6-7-8-9-10-11-12-13-14-15-16-17-18-19-20-21-22-25-39(42)40-30-23-24-38(41)34(3)35-28-29-36-31-33(2)26-27-37(36)32-35;1-9-3-4-13-8-11(10(2)14(15)16)5-6-12(13)7-9/h5-6,8-9,11-12,14-15,17-18,20-21,26-29,31-32,34H,4,7,10,13,16,19,22-25,30H2,1-3H3,(H,40,42);3-8,10H,1-2H3,(H,15,16)/b6-5-,9-8-,12-11-,15-14-,18-17-,21-20-;/t34-;10-/m00/s1. The number of amides is 1. The highest BCUT2D eigenvalue weighted by atomic mass is 16.4. The van der Waals surface area contributed by atoms with Crippen molar-refractivity contribution in [1.82, 2.24) is 5.32 Å². The average Bonchev–Trinajstić information content (AvgIpc) is 3.22. The first-order valence-corrected chi connectivity index (χ1v) is 21.0. The predicted molar refractivity (Wildman–Crippen MR) is 247 cm³/mol. The van der Waals surface area contributed by atoms with Crippen LogP contribution < -0.4 is 5.32 Å². The van der Waals surface area contributed by atoms with Crippen LogP contribution in [0.3, 0.4) is 0 Å². The fourth-order valence-electron chi connectivity index (χ4n) is 6.28. The van der Waals surface area contributed by atoms with E-state index in [-0.39, 0.29) is 17.6 Å². The Labute approximate surface area is 348 Å². The molecule has 0 spiro atoms. The lowest BCUT2D eigenvalue weighted by atomic mass is 9.92. The van der Waals surface area contributed by atoms with E-state index >= 15 is 0 Å². The van der Waals surface area contributed by atoms with E-state index in [2.05, 4.69) is 135 Å². The molecule has 0 unspecified atom stereocenters. The summed E-state index contributed by atoms with van der Waals surface area (Å²) in [6.07, 6.45) is 34.4. The number of Topliss-reactive ketones (excluding diaryl/α,β-unsaturated/α-hetero) is 1. The summed E-state index contributed by atoms with van der Waals surface area (Å²) in [7, 11) is 0. The zero-order valence-corrected chi connectivity index (χ0v) is 35.5. The molecule has 4 rings (SSSR count). The monoisotopic (exact) mass is 779 g/mol. The van der Waals surface area contributed by atoms with E-state index < -0.39 is 11.9 Å². The largest absolute Gasteiger partial charge is 0.481 e. The number of carbonyl (C=O) groups excluding carboxylic acids is 2. The number of fused-ring (bicyclic) bond motifs is 2. The number of aliphatic carboxylic acids is 1. The second kappa shape index (κ2) is 27.1. The van der Waals surface area contributed by atoms with Crippen molar-refractivity contribution in [2.75, 3.05) is 6.54 Å². The van der Waals surface area contributed by atoms with Crippen molar-refractivity contribution in [3.05, 3.63) is 168 Å². The maximum Gasteiger partial charge on any atom is 0.310 e. The van der Waals surface area contributed by atoms with Crippen molar-refractivity contribution < 1.29 is 19.5 Å². The summed E-state index contributed by atoms with van der Waals surface area (Å²) < 4.78 is 0. The smallest absolute Gasteiger partial charge is 0.310 e. The van der Waals surface area contributed by atoms with E-state index in [4.69, 9.17) is 5.11 Å². The summed E-state index contributed by atoms with van der Waals surface area (Å²) in [5.74, 6) is -1.12. The first-order chi connectivity index (χ1) is 28.1. The van der Waals surface area contributed by atoms with Crippen molar-refractivity contribution in [3.8, 4) is 0 Å². The molecule has 4 aromatic carbocycles. The molecule has 0 aromatic heterocycles. The Kier molecular flexibility index (Phi) is 21.9. The molecule has 58 heavy (non-hydrogen) atoms. The van der Waals surface area contributed by atoms with E-state index in [1.807, 2.05) is 44.2 Å². The Morgan fingerprint density at radius 1 is 0.552 bits per heavy atom. The SMILES string of the molecule is CC/C=C\C/C=C\C/C=C\C/C=C\C/C=C\C/C=C\CCC(=O)NCCCC(=O)[C@@H](C)c1ccc2cc(C)ccc2c1.Cc1ccc2cc([C@H](C)C(=O)O)ccc2c1. The third-order valence-corrected chi connectivity index (χ3v) is 9.95. The molecule has 0 fully saturated rings. The molecule has 0 heterocycles. The van der Waals surface area contributed by atoms with Gasteiger partial charge in [-0.1, -0.05) is 171 Å². The van der Waals surface area contributed by atoms with Crippen LogP contribution in [-0.4, -0.2) is 29.3 Å². The molecule has 0 radical (unpaired) electrons. The number of hydrogen-bond donors (Lipinski definition) is 2. The van der Waals surface area contributed by atoms with E-state index in [9.17, 15) is 14.4 Å². The molecule has 5 heteroatoms. The first-order valence-electron chi connectivity index (χ1n) is 21.0. The van der Waals surface area contributed by atoms with Crippen LogP contribution in [0.15, 0.2) is 146 Å². The van der Waals surface area contributed by atoms with E-state index in [1.54, 1.807) is 6.92 Å². The molecule has 5 nitrogen and oxygen atoms in total. The van der Waals surface area contributed by atoms with Crippen molar-refractivity contribution in [2.45, 2.75) is 111 Å². The number of benzene rings is 4. The van der Waals surface area contributed by atoms with Gasteiger partial charge in [-0.2, -0.15) is 0 Å². The number of hydrogen-bond acceptors (Lipinski definition) is 3. The van der Waals surface area contributed by atoms with Crippen LogP contribution in [0.25, 0.3) is 21.5 Å². The molecule has 1 amide bonds.